The monoisotopic (exact) mass is 413 g/mol. The van der Waals surface area contributed by atoms with Gasteiger partial charge in [0.15, 0.2) is 0 Å². The number of benzene rings is 1. The van der Waals surface area contributed by atoms with Gasteiger partial charge in [0, 0.05) is 18.5 Å². The highest BCUT2D eigenvalue weighted by molar-refractivity contribution is 6.01. The summed E-state index contributed by atoms with van der Waals surface area (Å²) in [5.74, 6) is -1.54. The maximum absolute atomic E-state index is 13.4. The molecule has 0 fully saturated rings. The van der Waals surface area contributed by atoms with Crippen LogP contribution in [-0.4, -0.2) is 35.2 Å². The summed E-state index contributed by atoms with van der Waals surface area (Å²) >= 11 is 0. The van der Waals surface area contributed by atoms with Crippen LogP contribution in [0.4, 0.5) is 10.2 Å². The van der Waals surface area contributed by atoms with Crippen LogP contribution in [0.2, 0.25) is 0 Å². The number of rotatable bonds is 10. The van der Waals surface area contributed by atoms with E-state index in [4.69, 9.17) is 9.84 Å². The van der Waals surface area contributed by atoms with Crippen molar-refractivity contribution in [1.29, 1.82) is 5.26 Å². The molecule has 0 atom stereocenters. The standard InChI is InChI=1S/C22H24FN3O4/c1-3-30-22(29)19-14(2)26-21(25-12-6-4-5-7-18(27)28)17(13-24)20(19)15-8-10-16(23)11-9-15/h8-11H,3-7,12H2,1-2H3,(H,25,26)(H,27,28). The number of aromatic nitrogens is 1. The van der Waals surface area contributed by atoms with Gasteiger partial charge in [0.1, 0.15) is 23.3 Å². The summed E-state index contributed by atoms with van der Waals surface area (Å²) in [6, 6.07) is 7.63. The molecule has 158 valence electrons. The fourth-order valence-electron chi connectivity index (χ4n) is 3.08. The fourth-order valence-corrected chi connectivity index (χ4v) is 3.08. The van der Waals surface area contributed by atoms with E-state index in [1.807, 2.05) is 0 Å². The summed E-state index contributed by atoms with van der Waals surface area (Å²) in [4.78, 5) is 27.6. The van der Waals surface area contributed by atoms with Crippen molar-refractivity contribution in [3.05, 3.63) is 46.9 Å². The number of carboxylic acid groups (broad SMARTS) is 1. The topological polar surface area (TPSA) is 112 Å². The Bertz CT molecular complexity index is 952. The number of hydrogen-bond donors (Lipinski definition) is 2. The first kappa shape index (κ1) is 22.8. The number of esters is 1. The van der Waals surface area contributed by atoms with Crippen LogP contribution >= 0.6 is 0 Å². The number of unbranched alkanes of at least 4 members (excludes halogenated alkanes) is 2. The zero-order chi connectivity index (χ0) is 22.1. The van der Waals surface area contributed by atoms with Gasteiger partial charge < -0.3 is 15.2 Å². The second-order valence-electron chi connectivity index (χ2n) is 6.64. The number of pyridine rings is 1. The van der Waals surface area contributed by atoms with Crippen molar-refractivity contribution in [2.75, 3.05) is 18.5 Å². The van der Waals surface area contributed by atoms with Crippen LogP contribution in [0.1, 0.15) is 54.2 Å². The van der Waals surface area contributed by atoms with Gasteiger partial charge in [-0.05, 0) is 44.4 Å². The molecule has 0 amide bonds. The van der Waals surface area contributed by atoms with E-state index in [-0.39, 0.29) is 24.2 Å². The largest absolute Gasteiger partial charge is 0.481 e. The lowest BCUT2D eigenvalue weighted by Gasteiger charge is -2.17. The number of ether oxygens (including phenoxy) is 1. The van der Waals surface area contributed by atoms with E-state index in [2.05, 4.69) is 16.4 Å². The average molecular weight is 413 g/mol. The van der Waals surface area contributed by atoms with E-state index in [0.717, 1.165) is 0 Å². The van der Waals surface area contributed by atoms with Gasteiger partial charge in [-0.25, -0.2) is 14.2 Å². The molecule has 0 aliphatic heterocycles. The van der Waals surface area contributed by atoms with Gasteiger partial charge in [0.2, 0.25) is 0 Å². The van der Waals surface area contributed by atoms with Crippen molar-refractivity contribution in [3.8, 4) is 17.2 Å². The van der Waals surface area contributed by atoms with E-state index >= 15 is 0 Å². The zero-order valence-electron chi connectivity index (χ0n) is 17.0. The number of nitriles is 1. The molecule has 0 radical (unpaired) electrons. The Morgan fingerprint density at radius 2 is 1.93 bits per heavy atom. The van der Waals surface area contributed by atoms with Crippen molar-refractivity contribution in [2.45, 2.75) is 39.5 Å². The first-order valence-electron chi connectivity index (χ1n) is 9.72. The Morgan fingerprint density at radius 3 is 2.53 bits per heavy atom. The van der Waals surface area contributed by atoms with Crippen LogP contribution < -0.4 is 5.32 Å². The SMILES string of the molecule is CCOC(=O)c1c(C)nc(NCCCCCC(=O)O)c(C#N)c1-c1ccc(F)cc1. The third-order valence-corrected chi connectivity index (χ3v) is 4.46. The van der Waals surface area contributed by atoms with Crippen molar-refractivity contribution in [2.24, 2.45) is 0 Å². The average Bonchev–Trinajstić information content (AvgIpc) is 2.70. The molecule has 1 aromatic heterocycles. The highest BCUT2D eigenvalue weighted by Crippen LogP contribution is 2.34. The Morgan fingerprint density at radius 1 is 1.23 bits per heavy atom. The van der Waals surface area contributed by atoms with Gasteiger partial charge in [-0.2, -0.15) is 5.26 Å². The van der Waals surface area contributed by atoms with Crippen LogP contribution in [0.25, 0.3) is 11.1 Å². The quantitative estimate of drug-likeness (QED) is 0.441. The van der Waals surface area contributed by atoms with Gasteiger partial charge in [0.25, 0.3) is 0 Å². The lowest BCUT2D eigenvalue weighted by atomic mass is 9.94. The van der Waals surface area contributed by atoms with Crippen molar-refractivity contribution < 1.29 is 23.8 Å². The molecule has 0 unspecified atom stereocenters. The minimum absolute atomic E-state index is 0.115. The van der Waals surface area contributed by atoms with Crippen LogP contribution in [0, 0.1) is 24.1 Å². The number of aliphatic carboxylic acids is 1. The Labute approximate surface area is 174 Å². The van der Waals surface area contributed by atoms with E-state index < -0.39 is 17.8 Å². The van der Waals surface area contributed by atoms with E-state index in [9.17, 15) is 19.2 Å². The molecular formula is C22H24FN3O4. The van der Waals surface area contributed by atoms with Gasteiger partial charge in [0.05, 0.1) is 17.9 Å². The molecule has 1 aromatic carbocycles. The molecule has 30 heavy (non-hydrogen) atoms. The normalized spacial score (nSPS) is 10.3. The molecule has 1 heterocycles. The number of hydrogen-bond acceptors (Lipinski definition) is 6. The van der Waals surface area contributed by atoms with Crippen LogP contribution in [-0.2, 0) is 9.53 Å². The van der Waals surface area contributed by atoms with Gasteiger partial charge in [-0.3, -0.25) is 4.79 Å². The maximum Gasteiger partial charge on any atom is 0.340 e. The summed E-state index contributed by atoms with van der Waals surface area (Å²) in [6.45, 7) is 3.99. The molecular weight excluding hydrogens is 389 g/mol. The van der Waals surface area contributed by atoms with Crippen molar-refractivity contribution in [3.63, 3.8) is 0 Å². The molecule has 0 aliphatic carbocycles. The number of nitrogens with one attached hydrogen (secondary N) is 1. The van der Waals surface area contributed by atoms with Crippen LogP contribution in [0.15, 0.2) is 24.3 Å². The minimum Gasteiger partial charge on any atom is -0.481 e. The van der Waals surface area contributed by atoms with E-state index in [1.54, 1.807) is 13.8 Å². The molecule has 8 heteroatoms. The van der Waals surface area contributed by atoms with Crippen LogP contribution in [0.3, 0.4) is 0 Å². The number of nitrogens with zero attached hydrogens (tertiary/aromatic N) is 2. The second kappa shape index (κ2) is 10.9. The lowest BCUT2D eigenvalue weighted by molar-refractivity contribution is -0.137. The molecule has 0 bridgehead atoms. The molecule has 0 saturated carbocycles. The van der Waals surface area contributed by atoms with Crippen molar-refractivity contribution in [1.82, 2.24) is 4.98 Å². The Balaban J connectivity index is 2.40. The Kier molecular flexibility index (Phi) is 8.29. The third-order valence-electron chi connectivity index (χ3n) is 4.46. The van der Waals surface area contributed by atoms with E-state index in [1.165, 1.54) is 24.3 Å². The van der Waals surface area contributed by atoms with Gasteiger partial charge >= 0.3 is 11.9 Å². The summed E-state index contributed by atoms with van der Waals surface area (Å²) in [6.07, 6.45) is 2.09. The number of carboxylic acids is 1. The van der Waals surface area contributed by atoms with Gasteiger partial charge in [-0.15, -0.1) is 0 Å². The summed E-state index contributed by atoms with van der Waals surface area (Å²) < 4.78 is 18.6. The van der Waals surface area contributed by atoms with Crippen molar-refractivity contribution >= 4 is 17.8 Å². The van der Waals surface area contributed by atoms with Crippen LogP contribution in [0.5, 0.6) is 0 Å². The zero-order valence-corrected chi connectivity index (χ0v) is 17.0. The summed E-state index contributed by atoms with van der Waals surface area (Å²) in [7, 11) is 0. The molecule has 0 aliphatic rings. The highest BCUT2D eigenvalue weighted by atomic mass is 19.1. The smallest absolute Gasteiger partial charge is 0.340 e. The first-order valence-corrected chi connectivity index (χ1v) is 9.72. The molecule has 0 saturated heterocycles. The third kappa shape index (κ3) is 5.77. The number of carbonyl (C=O) groups is 2. The van der Waals surface area contributed by atoms with E-state index in [0.29, 0.717) is 48.4 Å². The predicted octanol–water partition coefficient (Wildman–Crippen LogP) is 4.30. The Hall–Kier alpha value is -3.47. The first-order chi connectivity index (χ1) is 14.4. The molecule has 2 N–H and O–H groups in total. The lowest BCUT2D eigenvalue weighted by Crippen LogP contribution is -2.15. The number of anilines is 1. The predicted molar refractivity (Wildman–Crippen MR) is 110 cm³/mol. The fraction of sp³-hybridized carbons (Fsp3) is 0.364. The van der Waals surface area contributed by atoms with Gasteiger partial charge in [-0.1, -0.05) is 18.6 Å². The molecule has 0 spiro atoms. The number of aryl methyl sites for hydroxylation is 1. The summed E-state index contributed by atoms with van der Waals surface area (Å²) in [5.41, 5.74) is 1.58. The maximum atomic E-state index is 13.4. The molecule has 2 rings (SSSR count). The molecule has 2 aromatic rings. The highest BCUT2D eigenvalue weighted by Gasteiger charge is 2.25. The number of carbonyl (C=O) groups excluding carboxylic acids is 1. The minimum atomic E-state index is -0.828. The number of halogens is 1. The summed E-state index contributed by atoms with van der Waals surface area (Å²) in [5, 5.41) is 21.6. The molecule has 7 nitrogen and oxygen atoms in total. The second-order valence-corrected chi connectivity index (χ2v) is 6.64.